The van der Waals surface area contributed by atoms with Crippen LogP contribution in [0.3, 0.4) is 0 Å². The van der Waals surface area contributed by atoms with Crippen molar-refractivity contribution in [3.8, 4) is 0 Å². The lowest BCUT2D eigenvalue weighted by Gasteiger charge is -2.04. The van der Waals surface area contributed by atoms with Crippen LogP contribution in [0.5, 0.6) is 0 Å². The smallest absolute Gasteiger partial charge is 0.145 e. The Labute approximate surface area is 68.8 Å². The quantitative estimate of drug-likeness (QED) is 0.344. The van der Waals surface area contributed by atoms with Crippen molar-refractivity contribution in [3.63, 3.8) is 0 Å². The molecule has 11 heavy (non-hydrogen) atoms. The second-order valence-corrected chi connectivity index (χ2v) is 3.17. The second-order valence-electron chi connectivity index (χ2n) is 3.17. The lowest BCUT2D eigenvalue weighted by molar-refractivity contribution is -0.104. The van der Waals surface area contributed by atoms with E-state index < -0.39 is 0 Å². The Morgan fingerprint density at radius 3 is 2.45 bits per heavy atom. The molecule has 0 aromatic rings. The first-order valence-corrected chi connectivity index (χ1v) is 3.84. The van der Waals surface area contributed by atoms with Crippen LogP contribution in [0.15, 0.2) is 23.8 Å². The van der Waals surface area contributed by atoms with Crippen LogP contribution in [0.1, 0.15) is 27.2 Å². The zero-order valence-electron chi connectivity index (χ0n) is 7.55. The van der Waals surface area contributed by atoms with Crippen molar-refractivity contribution in [1.82, 2.24) is 0 Å². The van der Waals surface area contributed by atoms with E-state index in [1.54, 1.807) is 0 Å². The number of carbonyl (C=O) groups is 1. The molecular formula is C10H16O. The molecule has 0 aliphatic heterocycles. The molecule has 0 aliphatic carbocycles. The van der Waals surface area contributed by atoms with E-state index in [1.807, 2.05) is 19.9 Å². The summed E-state index contributed by atoms with van der Waals surface area (Å²) < 4.78 is 0. The summed E-state index contributed by atoms with van der Waals surface area (Å²) in [4.78, 5) is 10.2. The van der Waals surface area contributed by atoms with Gasteiger partial charge in [0.2, 0.25) is 0 Å². The topological polar surface area (TPSA) is 17.1 Å². The van der Waals surface area contributed by atoms with Gasteiger partial charge in [-0.05, 0) is 31.8 Å². The van der Waals surface area contributed by atoms with Crippen molar-refractivity contribution in [1.29, 1.82) is 0 Å². The van der Waals surface area contributed by atoms with E-state index >= 15 is 0 Å². The molecule has 0 saturated carbocycles. The molecule has 1 unspecified atom stereocenters. The van der Waals surface area contributed by atoms with Gasteiger partial charge in [0.1, 0.15) is 6.29 Å². The molecule has 0 spiro atoms. The monoisotopic (exact) mass is 152 g/mol. The fourth-order valence-electron chi connectivity index (χ4n) is 1.10. The van der Waals surface area contributed by atoms with E-state index in [1.165, 1.54) is 0 Å². The second kappa shape index (κ2) is 4.89. The molecule has 0 N–H and O–H groups in total. The summed E-state index contributed by atoms with van der Waals surface area (Å²) in [6, 6.07) is 0. The van der Waals surface area contributed by atoms with Gasteiger partial charge in [0.15, 0.2) is 0 Å². The van der Waals surface area contributed by atoms with Crippen LogP contribution in [-0.4, -0.2) is 6.29 Å². The molecule has 0 fully saturated rings. The van der Waals surface area contributed by atoms with Gasteiger partial charge in [-0.25, -0.2) is 0 Å². The Kier molecular flexibility index (Phi) is 4.51. The SMILES string of the molecule is C=C(C)CC(C)/C=C(\C)C=O. The highest BCUT2D eigenvalue weighted by Crippen LogP contribution is 2.11. The Morgan fingerprint density at radius 2 is 2.09 bits per heavy atom. The third-order valence-corrected chi connectivity index (χ3v) is 1.40. The standard InChI is InChI=1S/C10H16O/c1-8(2)5-9(3)6-10(4)7-11/h6-7,9H,1,5H2,2-4H3/b10-6+. The summed E-state index contributed by atoms with van der Waals surface area (Å²) in [6.07, 6.45) is 3.82. The van der Waals surface area contributed by atoms with E-state index in [9.17, 15) is 4.79 Å². The normalized spacial score (nSPS) is 14.3. The van der Waals surface area contributed by atoms with Crippen LogP contribution in [0.25, 0.3) is 0 Å². The number of allylic oxidation sites excluding steroid dienone is 3. The van der Waals surface area contributed by atoms with E-state index in [-0.39, 0.29) is 0 Å². The van der Waals surface area contributed by atoms with Crippen molar-refractivity contribution in [2.24, 2.45) is 5.92 Å². The Morgan fingerprint density at radius 1 is 1.55 bits per heavy atom. The number of carbonyl (C=O) groups excluding carboxylic acids is 1. The molecule has 0 aliphatic rings. The zero-order chi connectivity index (χ0) is 8.85. The fraction of sp³-hybridized carbons (Fsp3) is 0.500. The number of aldehydes is 1. The minimum atomic E-state index is 0.428. The Balaban J connectivity index is 3.95. The van der Waals surface area contributed by atoms with E-state index in [0.29, 0.717) is 5.92 Å². The molecule has 0 aromatic carbocycles. The Hall–Kier alpha value is -0.850. The van der Waals surface area contributed by atoms with Gasteiger partial charge in [0.05, 0.1) is 0 Å². The maximum absolute atomic E-state index is 10.2. The summed E-state index contributed by atoms with van der Waals surface area (Å²) in [5, 5.41) is 0. The van der Waals surface area contributed by atoms with Gasteiger partial charge in [-0.3, -0.25) is 4.79 Å². The lowest BCUT2D eigenvalue weighted by atomic mass is 10.0. The summed E-state index contributed by atoms with van der Waals surface area (Å²) in [6.45, 7) is 9.72. The molecule has 0 saturated heterocycles. The average molecular weight is 152 g/mol. The van der Waals surface area contributed by atoms with Crippen LogP contribution < -0.4 is 0 Å². The number of hydrogen-bond acceptors (Lipinski definition) is 1. The van der Waals surface area contributed by atoms with Gasteiger partial charge >= 0.3 is 0 Å². The highest BCUT2D eigenvalue weighted by Gasteiger charge is 1.97. The zero-order valence-corrected chi connectivity index (χ0v) is 7.55. The Bertz CT molecular complexity index is 177. The minimum absolute atomic E-state index is 0.428. The van der Waals surface area contributed by atoms with Gasteiger partial charge in [-0.1, -0.05) is 18.6 Å². The average Bonchev–Trinajstić information content (AvgIpc) is 1.85. The van der Waals surface area contributed by atoms with Gasteiger partial charge < -0.3 is 0 Å². The maximum atomic E-state index is 10.2. The van der Waals surface area contributed by atoms with E-state index in [4.69, 9.17) is 0 Å². The first-order valence-electron chi connectivity index (χ1n) is 3.84. The molecule has 0 rings (SSSR count). The molecular weight excluding hydrogens is 136 g/mol. The van der Waals surface area contributed by atoms with Crippen molar-refractivity contribution >= 4 is 6.29 Å². The minimum Gasteiger partial charge on any atom is -0.298 e. The third kappa shape index (κ3) is 5.59. The number of hydrogen-bond donors (Lipinski definition) is 0. The van der Waals surface area contributed by atoms with Crippen LogP contribution in [0.2, 0.25) is 0 Å². The van der Waals surface area contributed by atoms with Crippen LogP contribution in [0, 0.1) is 5.92 Å². The van der Waals surface area contributed by atoms with E-state index in [0.717, 1.165) is 23.9 Å². The van der Waals surface area contributed by atoms with Crippen molar-refractivity contribution in [2.45, 2.75) is 27.2 Å². The summed E-state index contributed by atoms with van der Waals surface area (Å²) in [5.74, 6) is 0.428. The van der Waals surface area contributed by atoms with E-state index in [2.05, 4.69) is 13.5 Å². The van der Waals surface area contributed by atoms with Crippen LogP contribution >= 0.6 is 0 Å². The lowest BCUT2D eigenvalue weighted by Crippen LogP contribution is -1.92. The summed E-state index contributed by atoms with van der Waals surface area (Å²) >= 11 is 0. The molecule has 0 amide bonds. The molecule has 0 aromatic heterocycles. The highest BCUT2D eigenvalue weighted by molar-refractivity contribution is 5.72. The largest absolute Gasteiger partial charge is 0.298 e. The van der Waals surface area contributed by atoms with Gasteiger partial charge in [0, 0.05) is 0 Å². The predicted octanol–water partition coefficient (Wildman–Crippen LogP) is 2.73. The number of rotatable bonds is 4. The first-order chi connectivity index (χ1) is 5.06. The van der Waals surface area contributed by atoms with Crippen LogP contribution in [0.4, 0.5) is 0 Å². The van der Waals surface area contributed by atoms with Crippen molar-refractivity contribution < 1.29 is 4.79 Å². The maximum Gasteiger partial charge on any atom is 0.145 e. The fourth-order valence-corrected chi connectivity index (χ4v) is 1.10. The van der Waals surface area contributed by atoms with Crippen LogP contribution in [-0.2, 0) is 4.79 Å². The molecule has 1 heteroatoms. The van der Waals surface area contributed by atoms with Gasteiger partial charge in [0.25, 0.3) is 0 Å². The highest BCUT2D eigenvalue weighted by atomic mass is 16.1. The molecule has 0 heterocycles. The summed E-state index contributed by atoms with van der Waals surface area (Å²) in [7, 11) is 0. The molecule has 1 atom stereocenters. The summed E-state index contributed by atoms with van der Waals surface area (Å²) in [5.41, 5.74) is 1.96. The van der Waals surface area contributed by atoms with Gasteiger partial charge in [-0.15, -0.1) is 6.58 Å². The third-order valence-electron chi connectivity index (χ3n) is 1.40. The molecule has 62 valence electrons. The molecule has 0 bridgehead atoms. The van der Waals surface area contributed by atoms with Crippen molar-refractivity contribution in [3.05, 3.63) is 23.8 Å². The molecule has 1 nitrogen and oxygen atoms in total. The predicted molar refractivity (Wildman–Crippen MR) is 48.4 cm³/mol. The first kappa shape index (κ1) is 10.2. The molecule has 0 radical (unpaired) electrons. The van der Waals surface area contributed by atoms with Crippen molar-refractivity contribution in [2.75, 3.05) is 0 Å². The van der Waals surface area contributed by atoms with Gasteiger partial charge in [-0.2, -0.15) is 0 Å².